The van der Waals surface area contributed by atoms with Crippen molar-refractivity contribution in [3.05, 3.63) is 28.8 Å². The van der Waals surface area contributed by atoms with E-state index in [1.165, 1.54) is 12.8 Å². The highest BCUT2D eigenvalue weighted by Crippen LogP contribution is 2.22. The van der Waals surface area contributed by atoms with Crippen molar-refractivity contribution in [2.45, 2.75) is 33.2 Å². The first-order chi connectivity index (χ1) is 7.67. The van der Waals surface area contributed by atoms with Gasteiger partial charge in [0, 0.05) is 11.6 Å². The van der Waals surface area contributed by atoms with E-state index in [4.69, 9.17) is 22.1 Å². The number of hydrogen-bond donors (Lipinski definition) is 1. The topological polar surface area (TPSA) is 35.2 Å². The third kappa shape index (κ3) is 4.03. The van der Waals surface area contributed by atoms with Crippen molar-refractivity contribution in [1.29, 1.82) is 0 Å². The fraction of sp³-hybridized carbons (Fsp3) is 0.538. The molecule has 90 valence electrons. The molecule has 3 heteroatoms. The number of hydrogen-bond acceptors (Lipinski definition) is 2. The largest absolute Gasteiger partial charge is 0.493 e. The van der Waals surface area contributed by atoms with Gasteiger partial charge < -0.3 is 10.5 Å². The predicted octanol–water partition coefficient (Wildman–Crippen LogP) is 3.61. The molecule has 0 amide bonds. The summed E-state index contributed by atoms with van der Waals surface area (Å²) in [7, 11) is 0. The molecule has 16 heavy (non-hydrogen) atoms. The molecular weight excluding hydrogens is 222 g/mol. The van der Waals surface area contributed by atoms with Gasteiger partial charge in [0.25, 0.3) is 0 Å². The Morgan fingerprint density at radius 1 is 1.44 bits per heavy atom. The molecular formula is C13H20ClNO. The van der Waals surface area contributed by atoms with Crippen LogP contribution in [0.1, 0.15) is 32.3 Å². The van der Waals surface area contributed by atoms with Crippen molar-refractivity contribution in [3.63, 3.8) is 0 Å². The highest BCUT2D eigenvalue weighted by molar-refractivity contribution is 6.31. The number of rotatable bonds is 6. The zero-order chi connectivity index (χ0) is 12.0. The Kier molecular flexibility index (Phi) is 5.64. The Hall–Kier alpha value is -0.730. The van der Waals surface area contributed by atoms with E-state index < -0.39 is 0 Å². The molecule has 0 aromatic heterocycles. The summed E-state index contributed by atoms with van der Waals surface area (Å²) in [5, 5.41) is 0.683. The van der Waals surface area contributed by atoms with Crippen LogP contribution in [-0.4, -0.2) is 6.61 Å². The maximum absolute atomic E-state index is 6.05. The van der Waals surface area contributed by atoms with E-state index in [0.29, 0.717) is 17.5 Å². The second kappa shape index (κ2) is 6.77. The highest BCUT2D eigenvalue weighted by Gasteiger charge is 2.04. The monoisotopic (exact) mass is 241 g/mol. The minimum absolute atomic E-state index is 0.464. The van der Waals surface area contributed by atoms with Crippen molar-refractivity contribution in [2.24, 2.45) is 11.7 Å². The molecule has 0 bridgehead atoms. The van der Waals surface area contributed by atoms with Gasteiger partial charge in [-0.25, -0.2) is 0 Å². The first-order valence-corrected chi connectivity index (χ1v) is 6.16. The van der Waals surface area contributed by atoms with Crippen molar-refractivity contribution in [2.75, 3.05) is 6.61 Å². The highest BCUT2D eigenvalue weighted by atomic mass is 35.5. The molecule has 1 unspecified atom stereocenters. The van der Waals surface area contributed by atoms with Crippen molar-refractivity contribution in [1.82, 2.24) is 0 Å². The van der Waals surface area contributed by atoms with Crippen LogP contribution in [0.2, 0.25) is 5.02 Å². The van der Waals surface area contributed by atoms with Gasteiger partial charge in [-0.3, -0.25) is 0 Å². The summed E-state index contributed by atoms with van der Waals surface area (Å²) in [5.41, 5.74) is 6.49. The lowest BCUT2D eigenvalue weighted by molar-refractivity contribution is 0.251. The van der Waals surface area contributed by atoms with E-state index in [1.807, 2.05) is 18.2 Å². The Morgan fingerprint density at radius 3 is 2.75 bits per heavy atom. The van der Waals surface area contributed by atoms with Gasteiger partial charge in [0.1, 0.15) is 5.75 Å². The molecule has 0 radical (unpaired) electrons. The molecule has 0 heterocycles. The average molecular weight is 242 g/mol. The van der Waals surface area contributed by atoms with Gasteiger partial charge in [-0.15, -0.1) is 0 Å². The van der Waals surface area contributed by atoms with Crippen LogP contribution in [0, 0.1) is 5.92 Å². The molecule has 2 nitrogen and oxygen atoms in total. The Labute approximate surface area is 103 Å². The summed E-state index contributed by atoms with van der Waals surface area (Å²) in [5.74, 6) is 1.41. The first-order valence-electron chi connectivity index (χ1n) is 5.78. The SMILES string of the molecule is CCCC(C)COc1ccc(CN)c(Cl)c1. The molecule has 0 saturated heterocycles. The molecule has 0 aliphatic rings. The van der Waals surface area contributed by atoms with Crippen LogP contribution in [0.25, 0.3) is 0 Å². The fourth-order valence-corrected chi connectivity index (χ4v) is 1.85. The summed E-state index contributed by atoms with van der Waals surface area (Å²) in [4.78, 5) is 0. The molecule has 0 aliphatic carbocycles. The van der Waals surface area contributed by atoms with E-state index in [-0.39, 0.29) is 0 Å². The number of ether oxygens (including phenoxy) is 1. The smallest absolute Gasteiger partial charge is 0.120 e. The molecule has 0 aliphatic heterocycles. The maximum atomic E-state index is 6.05. The summed E-state index contributed by atoms with van der Waals surface area (Å²) < 4.78 is 5.68. The van der Waals surface area contributed by atoms with E-state index in [1.54, 1.807) is 0 Å². The van der Waals surface area contributed by atoms with Gasteiger partial charge in [-0.2, -0.15) is 0 Å². The number of nitrogens with two attached hydrogens (primary N) is 1. The molecule has 0 saturated carbocycles. The summed E-state index contributed by atoms with van der Waals surface area (Å²) in [6, 6.07) is 5.68. The van der Waals surface area contributed by atoms with Gasteiger partial charge in [-0.1, -0.05) is 37.9 Å². The van der Waals surface area contributed by atoms with Gasteiger partial charge in [-0.05, 0) is 30.0 Å². The van der Waals surface area contributed by atoms with Crippen molar-refractivity contribution in [3.8, 4) is 5.75 Å². The molecule has 1 atom stereocenters. The predicted molar refractivity (Wildman–Crippen MR) is 68.9 cm³/mol. The normalized spacial score (nSPS) is 12.5. The van der Waals surface area contributed by atoms with Crippen molar-refractivity contribution < 1.29 is 4.74 Å². The van der Waals surface area contributed by atoms with Gasteiger partial charge in [0.2, 0.25) is 0 Å². The number of halogens is 1. The standard InChI is InChI=1S/C13H20ClNO/c1-3-4-10(2)9-16-12-6-5-11(8-15)13(14)7-12/h5-7,10H,3-4,8-9,15H2,1-2H3. The molecule has 1 aromatic carbocycles. The van der Waals surface area contributed by atoms with E-state index >= 15 is 0 Å². The molecule has 2 N–H and O–H groups in total. The summed E-state index contributed by atoms with van der Waals surface area (Å²) >= 11 is 6.05. The molecule has 0 fully saturated rings. The van der Waals surface area contributed by atoms with Gasteiger partial charge in [0.15, 0.2) is 0 Å². The van der Waals surface area contributed by atoms with Gasteiger partial charge >= 0.3 is 0 Å². The van der Waals surface area contributed by atoms with E-state index in [2.05, 4.69) is 13.8 Å². The van der Waals surface area contributed by atoms with Crippen LogP contribution >= 0.6 is 11.6 Å². The minimum atomic E-state index is 0.464. The summed E-state index contributed by atoms with van der Waals surface area (Å²) in [6.45, 7) is 5.58. The Morgan fingerprint density at radius 2 is 2.19 bits per heavy atom. The Balaban J connectivity index is 2.51. The van der Waals surface area contributed by atoms with Crippen LogP contribution in [0.4, 0.5) is 0 Å². The quantitative estimate of drug-likeness (QED) is 0.826. The van der Waals surface area contributed by atoms with Crippen LogP contribution in [0.5, 0.6) is 5.75 Å². The second-order valence-corrected chi connectivity index (χ2v) is 4.57. The maximum Gasteiger partial charge on any atom is 0.120 e. The van der Waals surface area contributed by atoms with Crippen LogP contribution < -0.4 is 10.5 Å². The van der Waals surface area contributed by atoms with E-state index in [9.17, 15) is 0 Å². The third-order valence-corrected chi connectivity index (χ3v) is 2.91. The van der Waals surface area contributed by atoms with Crippen LogP contribution in [0.3, 0.4) is 0 Å². The van der Waals surface area contributed by atoms with Crippen LogP contribution in [-0.2, 0) is 6.54 Å². The first kappa shape index (κ1) is 13.3. The third-order valence-electron chi connectivity index (χ3n) is 2.56. The van der Waals surface area contributed by atoms with Gasteiger partial charge in [0.05, 0.1) is 6.61 Å². The zero-order valence-electron chi connectivity index (χ0n) is 10.0. The lowest BCUT2D eigenvalue weighted by Crippen LogP contribution is -2.08. The number of benzene rings is 1. The van der Waals surface area contributed by atoms with E-state index in [0.717, 1.165) is 17.9 Å². The lowest BCUT2D eigenvalue weighted by Gasteiger charge is -2.12. The molecule has 0 spiro atoms. The molecule has 1 aromatic rings. The zero-order valence-corrected chi connectivity index (χ0v) is 10.8. The summed E-state index contributed by atoms with van der Waals surface area (Å²) in [6.07, 6.45) is 2.38. The van der Waals surface area contributed by atoms with Crippen molar-refractivity contribution >= 4 is 11.6 Å². The molecule has 1 rings (SSSR count). The second-order valence-electron chi connectivity index (χ2n) is 4.16. The van der Waals surface area contributed by atoms with Crippen LogP contribution in [0.15, 0.2) is 18.2 Å². The Bertz CT molecular complexity index is 328. The lowest BCUT2D eigenvalue weighted by atomic mass is 10.1. The average Bonchev–Trinajstić information content (AvgIpc) is 2.27. The minimum Gasteiger partial charge on any atom is -0.493 e. The fourth-order valence-electron chi connectivity index (χ4n) is 1.60.